The van der Waals surface area contributed by atoms with Crippen molar-refractivity contribution in [3.05, 3.63) is 41.9 Å². The number of amides is 1. The second kappa shape index (κ2) is 4.05. The number of pyridine rings is 1. The van der Waals surface area contributed by atoms with E-state index in [4.69, 9.17) is 0 Å². The molecule has 0 bridgehead atoms. The summed E-state index contributed by atoms with van der Waals surface area (Å²) in [6, 6.07) is 2.57. The van der Waals surface area contributed by atoms with Crippen LogP contribution in [0.25, 0.3) is 0 Å². The Kier molecular flexibility index (Phi) is 2.59. The maximum absolute atomic E-state index is 13.2. The molecule has 2 N–H and O–H groups in total. The lowest BCUT2D eigenvalue weighted by molar-refractivity contribution is 0.102. The molecule has 0 atom stereocenters. The summed E-state index contributed by atoms with van der Waals surface area (Å²) in [4.78, 5) is 14.6. The minimum Gasteiger partial charge on any atom is -0.307 e. The molecule has 0 saturated carbocycles. The van der Waals surface area contributed by atoms with E-state index >= 15 is 0 Å². The summed E-state index contributed by atoms with van der Waals surface area (Å²) in [6.45, 7) is 0. The van der Waals surface area contributed by atoms with Crippen LogP contribution in [0.15, 0.2) is 24.5 Å². The van der Waals surface area contributed by atoms with Gasteiger partial charge in [0.05, 0.1) is 11.8 Å². The van der Waals surface area contributed by atoms with Crippen LogP contribution in [0, 0.1) is 11.8 Å². The Balaban J connectivity index is 2.24. The van der Waals surface area contributed by atoms with Crippen LogP contribution in [0.3, 0.4) is 0 Å². The summed E-state index contributed by atoms with van der Waals surface area (Å²) in [5.41, 5.74) is -0.415. The van der Waals surface area contributed by atoms with E-state index in [1.54, 1.807) is 0 Å². The summed E-state index contributed by atoms with van der Waals surface area (Å²) in [5, 5.41) is 8.36. The summed E-state index contributed by atoms with van der Waals surface area (Å²) in [5.74, 6) is -3.07. The molecule has 0 spiro atoms. The number of nitrogens with one attached hydrogen (secondary N) is 2. The van der Waals surface area contributed by atoms with E-state index in [1.807, 2.05) is 0 Å². The topological polar surface area (TPSA) is 70.7 Å². The number of aromatic amines is 1. The van der Waals surface area contributed by atoms with Crippen LogP contribution in [0.4, 0.5) is 14.6 Å². The fourth-order valence-electron chi connectivity index (χ4n) is 1.11. The van der Waals surface area contributed by atoms with Gasteiger partial charge in [0.15, 0.2) is 5.82 Å². The Hall–Kier alpha value is -2.31. The van der Waals surface area contributed by atoms with Gasteiger partial charge in [0.1, 0.15) is 5.82 Å². The van der Waals surface area contributed by atoms with Crippen molar-refractivity contribution < 1.29 is 13.6 Å². The monoisotopic (exact) mass is 224 g/mol. The third kappa shape index (κ3) is 1.88. The number of H-pyrrole nitrogens is 1. The highest BCUT2D eigenvalue weighted by atomic mass is 19.2. The quantitative estimate of drug-likeness (QED) is 0.756. The van der Waals surface area contributed by atoms with E-state index in [1.165, 1.54) is 12.3 Å². The first-order valence-corrected chi connectivity index (χ1v) is 4.29. The zero-order valence-electron chi connectivity index (χ0n) is 7.87. The van der Waals surface area contributed by atoms with E-state index in [-0.39, 0.29) is 0 Å². The highest BCUT2D eigenvalue weighted by Crippen LogP contribution is 2.11. The summed E-state index contributed by atoms with van der Waals surface area (Å²) >= 11 is 0. The number of nitrogens with zero attached hydrogens (tertiary/aromatic N) is 2. The zero-order valence-corrected chi connectivity index (χ0v) is 7.87. The number of rotatable bonds is 2. The number of carbonyl (C=O) groups excluding carboxylic acids is 1. The minimum absolute atomic E-state index is 0.293. The number of hydrogen-bond donors (Lipinski definition) is 2. The third-order valence-corrected chi connectivity index (χ3v) is 1.84. The van der Waals surface area contributed by atoms with Gasteiger partial charge in [-0.2, -0.15) is 9.49 Å². The maximum Gasteiger partial charge on any atom is 0.260 e. The molecule has 0 aliphatic rings. The largest absolute Gasteiger partial charge is 0.307 e. The van der Waals surface area contributed by atoms with Gasteiger partial charge in [-0.1, -0.05) is 0 Å². The molecule has 1 amide bonds. The maximum atomic E-state index is 13.2. The zero-order chi connectivity index (χ0) is 11.5. The van der Waals surface area contributed by atoms with Gasteiger partial charge in [-0.3, -0.25) is 9.89 Å². The molecule has 16 heavy (non-hydrogen) atoms. The number of halogens is 2. The molecular formula is C9H6F2N4O. The predicted octanol–water partition coefficient (Wildman–Crippen LogP) is 1.34. The molecule has 82 valence electrons. The number of anilines is 1. The Labute approximate surface area is 88.5 Å². The van der Waals surface area contributed by atoms with Crippen molar-refractivity contribution in [2.45, 2.75) is 0 Å². The standard InChI is InChI=1S/C9H6F2N4O/c10-7-5(1-3-12-8(7)11)9(16)14-6-2-4-13-15-6/h1-4H,(H2,13,14,15,16). The van der Waals surface area contributed by atoms with E-state index in [0.717, 1.165) is 12.3 Å². The minimum atomic E-state index is -1.31. The molecular weight excluding hydrogens is 218 g/mol. The van der Waals surface area contributed by atoms with E-state index in [2.05, 4.69) is 20.5 Å². The van der Waals surface area contributed by atoms with Gasteiger partial charge in [-0.05, 0) is 6.07 Å². The van der Waals surface area contributed by atoms with Gasteiger partial charge in [0, 0.05) is 12.3 Å². The van der Waals surface area contributed by atoms with Crippen LogP contribution < -0.4 is 5.32 Å². The Morgan fingerprint density at radius 3 is 2.81 bits per heavy atom. The lowest BCUT2D eigenvalue weighted by Crippen LogP contribution is -2.15. The smallest absolute Gasteiger partial charge is 0.260 e. The average molecular weight is 224 g/mol. The number of hydrogen-bond acceptors (Lipinski definition) is 3. The SMILES string of the molecule is O=C(Nc1ccn[nH]1)c1ccnc(F)c1F. The molecule has 5 nitrogen and oxygen atoms in total. The van der Waals surface area contributed by atoms with E-state index in [0.29, 0.717) is 5.82 Å². The molecule has 2 aromatic rings. The van der Waals surface area contributed by atoms with Crippen molar-refractivity contribution in [2.75, 3.05) is 5.32 Å². The molecule has 0 aliphatic heterocycles. The molecule has 0 aliphatic carbocycles. The Morgan fingerprint density at radius 1 is 1.31 bits per heavy atom. The molecule has 2 aromatic heterocycles. The van der Waals surface area contributed by atoms with Crippen molar-refractivity contribution in [2.24, 2.45) is 0 Å². The van der Waals surface area contributed by atoms with Gasteiger partial charge in [0.25, 0.3) is 5.91 Å². The Bertz CT molecular complexity index is 512. The van der Waals surface area contributed by atoms with Crippen LogP contribution in [-0.2, 0) is 0 Å². The van der Waals surface area contributed by atoms with Crippen LogP contribution >= 0.6 is 0 Å². The van der Waals surface area contributed by atoms with Gasteiger partial charge < -0.3 is 5.32 Å². The van der Waals surface area contributed by atoms with Crippen molar-refractivity contribution in [3.63, 3.8) is 0 Å². The summed E-state index contributed by atoms with van der Waals surface area (Å²) in [7, 11) is 0. The van der Waals surface area contributed by atoms with Crippen LogP contribution in [0.1, 0.15) is 10.4 Å². The van der Waals surface area contributed by atoms with Gasteiger partial charge >= 0.3 is 0 Å². The highest BCUT2D eigenvalue weighted by molar-refractivity contribution is 6.03. The lowest BCUT2D eigenvalue weighted by atomic mass is 10.2. The first kappa shape index (κ1) is 10.2. The van der Waals surface area contributed by atoms with Gasteiger partial charge in [-0.15, -0.1) is 0 Å². The molecule has 0 aromatic carbocycles. The molecule has 0 fully saturated rings. The van der Waals surface area contributed by atoms with Crippen molar-refractivity contribution >= 4 is 11.7 Å². The lowest BCUT2D eigenvalue weighted by Gasteiger charge is -2.03. The van der Waals surface area contributed by atoms with Crippen molar-refractivity contribution in [1.29, 1.82) is 0 Å². The molecule has 2 rings (SSSR count). The Morgan fingerprint density at radius 2 is 2.12 bits per heavy atom. The normalized spacial score (nSPS) is 10.1. The molecule has 0 saturated heterocycles. The van der Waals surface area contributed by atoms with Crippen molar-refractivity contribution in [1.82, 2.24) is 15.2 Å². The van der Waals surface area contributed by atoms with Crippen molar-refractivity contribution in [3.8, 4) is 0 Å². The summed E-state index contributed by atoms with van der Waals surface area (Å²) in [6.07, 6.45) is 2.43. The van der Waals surface area contributed by atoms with Gasteiger partial charge in [0.2, 0.25) is 5.95 Å². The number of aromatic nitrogens is 3. The molecule has 2 heterocycles. The third-order valence-electron chi connectivity index (χ3n) is 1.84. The van der Waals surface area contributed by atoms with E-state index in [9.17, 15) is 13.6 Å². The molecule has 0 unspecified atom stereocenters. The summed E-state index contributed by atoms with van der Waals surface area (Å²) < 4.78 is 25.9. The van der Waals surface area contributed by atoms with Crippen LogP contribution in [-0.4, -0.2) is 21.1 Å². The number of carbonyl (C=O) groups is 1. The fraction of sp³-hybridized carbons (Fsp3) is 0. The first-order valence-electron chi connectivity index (χ1n) is 4.29. The first-order chi connectivity index (χ1) is 7.68. The van der Waals surface area contributed by atoms with E-state index < -0.39 is 23.2 Å². The van der Waals surface area contributed by atoms with Gasteiger partial charge in [-0.25, -0.2) is 9.37 Å². The van der Waals surface area contributed by atoms with Crippen LogP contribution in [0.2, 0.25) is 0 Å². The average Bonchev–Trinajstić information content (AvgIpc) is 2.74. The van der Waals surface area contributed by atoms with Crippen LogP contribution in [0.5, 0.6) is 0 Å². The second-order valence-corrected chi connectivity index (χ2v) is 2.89. The second-order valence-electron chi connectivity index (χ2n) is 2.89. The predicted molar refractivity (Wildman–Crippen MR) is 50.7 cm³/mol. The molecule has 0 radical (unpaired) electrons. The fourth-order valence-corrected chi connectivity index (χ4v) is 1.11. The molecule has 7 heteroatoms. The highest BCUT2D eigenvalue weighted by Gasteiger charge is 2.16.